The summed E-state index contributed by atoms with van der Waals surface area (Å²) in [6.07, 6.45) is 10.1. The number of Topliss-reactive ketones (excluding diaryl/α,β-unsaturated/α-hetero) is 1. The van der Waals surface area contributed by atoms with Crippen LogP contribution in [0.4, 0.5) is 0 Å². The first kappa shape index (κ1) is 11.0. The van der Waals surface area contributed by atoms with Crippen LogP contribution in [0.2, 0.25) is 0 Å². The van der Waals surface area contributed by atoms with E-state index in [1.54, 1.807) is 12.5 Å². The number of hydrogen-bond donors (Lipinski definition) is 0. The van der Waals surface area contributed by atoms with Crippen molar-refractivity contribution in [2.45, 2.75) is 45.6 Å². The van der Waals surface area contributed by atoms with Gasteiger partial charge in [0.1, 0.15) is 5.78 Å². The Morgan fingerprint density at radius 1 is 1.36 bits per heavy atom. The Kier molecular flexibility index (Phi) is 4.97. The second kappa shape index (κ2) is 6.35. The first-order valence-electron chi connectivity index (χ1n) is 5.30. The molecule has 3 heteroatoms. The van der Waals surface area contributed by atoms with Gasteiger partial charge in [-0.25, -0.2) is 4.98 Å². The summed E-state index contributed by atoms with van der Waals surface area (Å²) in [6.45, 7) is 2.92. The van der Waals surface area contributed by atoms with Gasteiger partial charge >= 0.3 is 0 Å². The van der Waals surface area contributed by atoms with E-state index in [9.17, 15) is 4.79 Å². The van der Waals surface area contributed by atoms with Crippen molar-refractivity contribution in [2.75, 3.05) is 0 Å². The summed E-state index contributed by atoms with van der Waals surface area (Å²) in [4.78, 5) is 15.3. The Morgan fingerprint density at radius 2 is 2.21 bits per heavy atom. The summed E-state index contributed by atoms with van der Waals surface area (Å²) in [6, 6.07) is 0. The summed E-state index contributed by atoms with van der Waals surface area (Å²) in [5, 5.41) is 0. The molecule has 0 saturated heterocycles. The van der Waals surface area contributed by atoms with Gasteiger partial charge in [0.2, 0.25) is 0 Å². The van der Waals surface area contributed by atoms with Gasteiger partial charge in [0.25, 0.3) is 0 Å². The zero-order chi connectivity index (χ0) is 10.2. The Balaban J connectivity index is 2.09. The molecule has 0 N–H and O–H groups in total. The minimum Gasteiger partial charge on any atom is -0.337 e. The molecule has 14 heavy (non-hydrogen) atoms. The lowest BCUT2D eigenvalue weighted by Gasteiger charge is -2.01. The van der Waals surface area contributed by atoms with Crippen LogP contribution in [0.5, 0.6) is 0 Å². The summed E-state index contributed by atoms with van der Waals surface area (Å²) in [5.41, 5.74) is 0. The normalized spacial score (nSPS) is 10.4. The van der Waals surface area contributed by atoms with E-state index in [4.69, 9.17) is 0 Å². The fraction of sp³-hybridized carbons (Fsp3) is 0.636. The summed E-state index contributed by atoms with van der Waals surface area (Å²) in [7, 11) is 0. The predicted octanol–water partition coefficient (Wildman–Crippen LogP) is 2.42. The lowest BCUT2D eigenvalue weighted by atomic mass is 10.1. The van der Waals surface area contributed by atoms with E-state index in [2.05, 4.69) is 11.9 Å². The highest BCUT2D eigenvalue weighted by atomic mass is 16.1. The molecule has 1 aromatic heterocycles. The van der Waals surface area contributed by atoms with Crippen molar-refractivity contribution in [1.82, 2.24) is 9.55 Å². The molecule has 0 aliphatic carbocycles. The van der Waals surface area contributed by atoms with Crippen molar-refractivity contribution < 1.29 is 4.79 Å². The molecule has 78 valence electrons. The van der Waals surface area contributed by atoms with Gasteiger partial charge in [0.15, 0.2) is 0 Å². The molecule has 0 radical (unpaired) electrons. The van der Waals surface area contributed by atoms with E-state index >= 15 is 0 Å². The zero-order valence-corrected chi connectivity index (χ0v) is 8.78. The summed E-state index contributed by atoms with van der Waals surface area (Å²) >= 11 is 0. The third-order valence-corrected chi connectivity index (χ3v) is 2.27. The number of rotatable bonds is 7. The van der Waals surface area contributed by atoms with E-state index in [1.165, 1.54) is 6.42 Å². The SMILES string of the molecule is CCCCCC(=O)CCn1ccnc1. The lowest BCUT2D eigenvalue weighted by molar-refractivity contribution is -0.119. The molecular formula is C11H18N2O. The van der Waals surface area contributed by atoms with E-state index in [-0.39, 0.29) is 0 Å². The molecule has 0 saturated carbocycles. The molecule has 1 aromatic rings. The highest BCUT2D eigenvalue weighted by Gasteiger charge is 2.01. The van der Waals surface area contributed by atoms with Gasteiger partial charge in [-0.3, -0.25) is 4.79 Å². The van der Waals surface area contributed by atoms with Crippen molar-refractivity contribution in [3.8, 4) is 0 Å². The molecule has 1 rings (SSSR count). The Labute approximate surface area is 85.2 Å². The van der Waals surface area contributed by atoms with Crippen LogP contribution in [-0.4, -0.2) is 15.3 Å². The van der Waals surface area contributed by atoms with Crippen LogP contribution in [0, 0.1) is 0 Å². The molecule has 0 bridgehead atoms. The lowest BCUT2D eigenvalue weighted by Crippen LogP contribution is -2.03. The van der Waals surface area contributed by atoms with E-state index in [0.717, 1.165) is 25.8 Å². The second-order valence-electron chi connectivity index (χ2n) is 3.55. The minimum atomic E-state index is 0.368. The number of nitrogens with zero attached hydrogens (tertiary/aromatic N) is 2. The van der Waals surface area contributed by atoms with Gasteiger partial charge in [-0.2, -0.15) is 0 Å². The van der Waals surface area contributed by atoms with Crippen molar-refractivity contribution in [3.63, 3.8) is 0 Å². The predicted molar refractivity (Wildman–Crippen MR) is 56.0 cm³/mol. The van der Waals surface area contributed by atoms with Crippen LogP contribution < -0.4 is 0 Å². The number of ketones is 1. The molecular weight excluding hydrogens is 176 g/mol. The van der Waals surface area contributed by atoms with Gasteiger partial charge in [-0.05, 0) is 6.42 Å². The Bertz CT molecular complexity index is 254. The van der Waals surface area contributed by atoms with Crippen LogP contribution in [0.25, 0.3) is 0 Å². The molecule has 3 nitrogen and oxygen atoms in total. The van der Waals surface area contributed by atoms with Crippen LogP contribution in [0.3, 0.4) is 0 Å². The van der Waals surface area contributed by atoms with E-state index < -0.39 is 0 Å². The fourth-order valence-corrected chi connectivity index (χ4v) is 1.37. The van der Waals surface area contributed by atoms with Crippen molar-refractivity contribution >= 4 is 5.78 Å². The number of hydrogen-bond acceptors (Lipinski definition) is 2. The third-order valence-electron chi connectivity index (χ3n) is 2.27. The quantitative estimate of drug-likeness (QED) is 0.625. The van der Waals surface area contributed by atoms with Gasteiger partial charge < -0.3 is 4.57 Å². The smallest absolute Gasteiger partial charge is 0.134 e. The van der Waals surface area contributed by atoms with Gasteiger partial charge in [-0.1, -0.05) is 19.8 Å². The number of unbranched alkanes of at least 4 members (excludes halogenated alkanes) is 2. The van der Waals surface area contributed by atoms with Crippen molar-refractivity contribution in [2.24, 2.45) is 0 Å². The number of imidazole rings is 1. The first-order valence-corrected chi connectivity index (χ1v) is 5.30. The highest BCUT2D eigenvalue weighted by molar-refractivity contribution is 5.78. The Morgan fingerprint density at radius 3 is 2.86 bits per heavy atom. The molecule has 0 spiro atoms. The zero-order valence-electron chi connectivity index (χ0n) is 8.78. The first-order chi connectivity index (χ1) is 6.83. The maximum Gasteiger partial charge on any atom is 0.134 e. The van der Waals surface area contributed by atoms with Crippen molar-refractivity contribution in [3.05, 3.63) is 18.7 Å². The van der Waals surface area contributed by atoms with Crippen LogP contribution in [0.1, 0.15) is 39.0 Å². The maximum absolute atomic E-state index is 11.4. The monoisotopic (exact) mass is 194 g/mol. The van der Waals surface area contributed by atoms with Gasteiger partial charge in [0.05, 0.1) is 6.33 Å². The maximum atomic E-state index is 11.4. The minimum absolute atomic E-state index is 0.368. The molecule has 1 heterocycles. The summed E-state index contributed by atoms with van der Waals surface area (Å²) < 4.78 is 1.94. The number of aromatic nitrogens is 2. The van der Waals surface area contributed by atoms with E-state index in [0.29, 0.717) is 12.2 Å². The number of carbonyl (C=O) groups excluding carboxylic acids is 1. The number of aryl methyl sites for hydroxylation is 1. The average molecular weight is 194 g/mol. The molecule has 0 aromatic carbocycles. The largest absolute Gasteiger partial charge is 0.337 e. The molecule has 0 fully saturated rings. The van der Waals surface area contributed by atoms with Crippen LogP contribution >= 0.6 is 0 Å². The molecule has 0 unspecified atom stereocenters. The summed E-state index contributed by atoms with van der Waals surface area (Å²) in [5.74, 6) is 0.368. The van der Waals surface area contributed by atoms with Crippen LogP contribution in [-0.2, 0) is 11.3 Å². The third kappa shape index (κ3) is 4.21. The molecule has 0 aliphatic heterocycles. The topological polar surface area (TPSA) is 34.9 Å². The Hall–Kier alpha value is -1.12. The van der Waals surface area contributed by atoms with Crippen molar-refractivity contribution in [1.29, 1.82) is 0 Å². The molecule has 0 amide bonds. The highest BCUT2D eigenvalue weighted by Crippen LogP contribution is 2.02. The standard InChI is InChI=1S/C11H18N2O/c1-2-3-4-5-11(14)6-8-13-9-7-12-10-13/h7,9-10H,2-6,8H2,1H3. The molecule has 0 aliphatic rings. The average Bonchev–Trinajstić information content (AvgIpc) is 2.68. The van der Waals surface area contributed by atoms with Crippen LogP contribution in [0.15, 0.2) is 18.7 Å². The van der Waals surface area contributed by atoms with Gasteiger partial charge in [0, 0.05) is 31.8 Å². The number of carbonyl (C=O) groups is 1. The molecule has 0 atom stereocenters. The second-order valence-corrected chi connectivity index (χ2v) is 3.55. The fourth-order valence-electron chi connectivity index (χ4n) is 1.37. The van der Waals surface area contributed by atoms with Gasteiger partial charge in [-0.15, -0.1) is 0 Å². The van der Waals surface area contributed by atoms with E-state index in [1.807, 2.05) is 10.8 Å².